The number of hydrogen-bond acceptors (Lipinski definition) is 5. The topological polar surface area (TPSA) is 46.3 Å². The first-order valence-corrected chi connectivity index (χ1v) is 9.08. The van der Waals surface area contributed by atoms with Crippen LogP contribution in [0.2, 0.25) is 5.02 Å². The lowest BCUT2D eigenvalue weighted by atomic mass is 10.2. The van der Waals surface area contributed by atoms with Crippen LogP contribution < -0.4 is 0 Å². The maximum atomic E-state index is 5.96. The highest BCUT2D eigenvalue weighted by molar-refractivity contribution is 7.19. The Hall–Kier alpha value is -2.28. The number of halogens is 1. The quantitative estimate of drug-likeness (QED) is 0.530. The molecule has 7 heteroatoms. The molecule has 0 aliphatic carbocycles. The van der Waals surface area contributed by atoms with Gasteiger partial charge in [0.15, 0.2) is 5.82 Å². The molecular formula is C18H16ClN5S. The molecule has 0 fully saturated rings. The molecule has 25 heavy (non-hydrogen) atoms. The molecule has 0 aliphatic rings. The van der Waals surface area contributed by atoms with E-state index in [2.05, 4.69) is 51.5 Å². The van der Waals surface area contributed by atoms with Crippen molar-refractivity contribution in [1.82, 2.24) is 24.7 Å². The highest BCUT2D eigenvalue weighted by Gasteiger charge is 2.14. The van der Waals surface area contributed by atoms with E-state index >= 15 is 0 Å². The molecule has 0 radical (unpaired) electrons. The van der Waals surface area contributed by atoms with E-state index < -0.39 is 0 Å². The Labute approximate surface area is 154 Å². The van der Waals surface area contributed by atoms with Crippen LogP contribution in [0.5, 0.6) is 0 Å². The van der Waals surface area contributed by atoms with Crippen LogP contribution in [0.4, 0.5) is 0 Å². The molecule has 0 aliphatic heterocycles. The number of fused-ring (bicyclic) bond motifs is 1. The van der Waals surface area contributed by atoms with Crippen molar-refractivity contribution in [2.24, 2.45) is 0 Å². The average molecular weight is 370 g/mol. The molecule has 0 saturated carbocycles. The molecule has 2 aromatic carbocycles. The average Bonchev–Trinajstić information content (AvgIpc) is 3.18. The number of aromatic nitrogens is 4. The molecule has 5 nitrogen and oxygen atoms in total. The minimum absolute atomic E-state index is 0.680. The molecule has 0 atom stereocenters. The van der Waals surface area contributed by atoms with E-state index in [9.17, 15) is 0 Å². The van der Waals surface area contributed by atoms with Crippen molar-refractivity contribution in [3.63, 3.8) is 0 Å². The predicted molar refractivity (Wildman–Crippen MR) is 101 cm³/mol. The van der Waals surface area contributed by atoms with Crippen LogP contribution in [0.1, 0.15) is 11.4 Å². The Balaban J connectivity index is 1.55. The van der Waals surface area contributed by atoms with Crippen LogP contribution in [0.25, 0.3) is 15.5 Å². The molecule has 4 rings (SSSR count). The summed E-state index contributed by atoms with van der Waals surface area (Å²) in [5.41, 5.74) is 2.30. The fourth-order valence-electron chi connectivity index (χ4n) is 2.66. The highest BCUT2D eigenvalue weighted by Crippen LogP contribution is 2.26. The maximum Gasteiger partial charge on any atom is 0.235 e. The van der Waals surface area contributed by atoms with Crippen LogP contribution in [-0.2, 0) is 13.1 Å². The molecule has 0 bridgehead atoms. The van der Waals surface area contributed by atoms with Crippen LogP contribution in [0, 0.1) is 0 Å². The van der Waals surface area contributed by atoms with Crippen LogP contribution in [0.3, 0.4) is 0 Å². The molecule has 2 heterocycles. The lowest BCUT2D eigenvalue weighted by molar-refractivity contribution is 0.308. The number of hydrogen-bond donors (Lipinski definition) is 0. The van der Waals surface area contributed by atoms with Gasteiger partial charge in [-0.05, 0) is 24.7 Å². The van der Waals surface area contributed by atoms with Gasteiger partial charge in [0.25, 0.3) is 0 Å². The summed E-state index contributed by atoms with van der Waals surface area (Å²) in [5.74, 6) is 0.838. The van der Waals surface area contributed by atoms with Crippen molar-refractivity contribution in [2.45, 2.75) is 13.1 Å². The second-order valence-electron chi connectivity index (χ2n) is 5.88. The molecule has 4 aromatic rings. The molecule has 0 amide bonds. The summed E-state index contributed by atoms with van der Waals surface area (Å²) >= 11 is 7.48. The van der Waals surface area contributed by atoms with Crippen molar-refractivity contribution in [3.8, 4) is 10.6 Å². The Morgan fingerprint density at radius 2 is 1.76 bits per heavy atom. The maximum absolute atomic E-state index is 5.96. The molecule has 0 unspecified atom stereocenters. The first kappa shape index (κ1) is 16.2. The highest BCUT2D eigenvalue weighted by atomic mass is 35.5. The summed E-state index contributed by atoms with van der Waals surface area (Å²) in [6.45, 7) is 1.53. The largest absolute Gasteiger partial charge is 0.295 e. The molecule has 126 valence electrons. The van der Waals surface area contributed by atoms with Crippen molar-refractivity contribution in [2.75, 3.05) is 7.05 Å². The predicted octanol–water partition coefficient (Wildman–Crippen LogP) is 4.14. The van der Waals surface area contributed by atoms with E-state index in [1.807, 2.05) is 34.8 Å². The number of nitrogens with zero attached hydrogens (tertiary/aromatic N) is 5. The normalized spacial score (nSPS) is 11.5. The minimum Gasteiger partial charge on any atom is -0.295 e. The number of benzene rings is 2. The standard InChI is InChI=1S/C18H16ClN5S/c1-23(11-13-5-3-2-4-6-13)12-16-20-21-18-24(16)22-17(25-18)14-7-9-15(19)10-8-14/h2-10H,11-12H2,1H3. The first-order valence-electron chi connectivity index (χ1n) is 7.88. The van der Waals surface area contributed by atoms with Crippen LogP contribution >= 0.6 is 22.9 Å². The van der Waals surface area contributed by atoms with Gasteiger partial charge in [0.1, 0.15) is 5.01 Å². The van der Waals surface area contributed by atoms with Gasteiger partial charge in [0, 0.05) is 17.1 Å². The van der Waals surface area contributed by atoms with Gasteiger partial charge in [-0.1, -0.05) is 65.4 Å². The zero-order chi connectivity index (χ0) is 17.2. The smallest absolute Gasteiger partial charge is 0.235 e. The van der Waals surface area contributed by atoms with E-state index in [0.29, 0.717) is 6.54 Å². The summed E-state index contributed by atoms with van der Waals surface area (Å²) in [4.78, 5) is 3.00. The van der Waals surface area contributed by atoms with Gasteiger partial charge in [-0.3, -0.25) is 4.90 Å². The van der Waals surface area contributed by atoms with Gasteiger partial charge >= 0.3 is 0 Å². The Morgan fingerprint density at radius 1 is 1.00 bits per heavy atom. The van der Waals surface area contributed by atoms with E-state index in [1.54, 1.807) is 0 Å². The Bertz CT molecular complexity index is 978. The monoisotopic (exact) mass is 369 g/mol. The zero-order valence-corrected chi connectivity index (χ0v) is 15.2. The first-order chi connectivity index (χ1) is 12.2. The molecule has 0 saturated heterocycles. The molecular weight excluding hydrogens is 354 g/mol. The molecule has 0 N–H and O–H groups in total. The lowest BCUT2D eigenvalue weighted by Crippen LogP contribution is -2.19. The van der Waals surface area contributed by atoms with Gasteiger partial charge < -0.3 is 0 Å². The zero-order valence-electron chi connectivity index (χ0n) is 13.6. The van der Waals surface area contributed by atoms with Crippen molar-refractivity contribution >= 4 is 27.9 Å². The third-order valence-electron chi connectivity index (χ3n) is 3.85. The summed E-state index contributed by atoms with van der Waals surface area (Å²) in [5, 5.41) is 14.8. The van der Waals surface area contributed by atoms with E-state index in [0.717, 1.165) is 32.9 Å². The third kappa shape index (κ3) is 3.56. The fraction of sp³-hybridized carbons (Fsp3) is 0.167. The summed E-state index contributed by atoms with van der Waals surface area (Å²) in [7, 11) is 2.07. The van der Waals surface area contributed by atoms with Crippen molar-refractivity contribution in [1.29, 1.82) is 0 Å². The van der Waals surface area contributed by atoms with E-state index in [4.69, 9.17) is 11.6 Å². The number of rotatable bonds is 5. The van der Waals surface area contributed by atoms with Crippen LogP contribution in [0.15, 0.2) is 54.6 Å². The van der Waals surface area contributed by atoms with E-state index in [1.165, 1.54) is 16.9 Å². The summed E-state index contributed by atoms with van der Waals surface area (Å²) in [6.07, 6.45) is 0. The van der Waals surface area contributed by atoms with Gasteiger partial charge in [0.2, 0.25) is 4.96 Å². The Morgan fingerprint density at radius 3 is 2.52 bits per heavy atom. The summed E-state index contributed by atoms with van der Waals surface area (Å²) in [6, 6.07) is 18.1. The SMILES string of the molecule is CN(Cc1ccccc1)Cc1nnc2sc(-c3ccc(Cl)cc3)nn12. The molecule has 2 aromatic heterocycles. The van der Waals surface area contributed by atoms with Crippen LogP contribution in [-0.4, -0.2) is 31.8 Å². The lowest BCUT2D eigenvalue weighted by Gasteiger charge is -2.14. The van der Waals surface area contributed by atoms with Gasteiger partial charge in [0.05, 0.1) is 6.54 Å². The third-order valence-corrected chi connectivity index (χ3v) is 5.05. The second kappa shape index (κ2) is 6.92. The van der Waals surface area contributed by atoms with Gasteiger partial charge in [-0.2, -0.15) is 9.61 Å². The minimum atomic E-state index is 0.680. The molecule has 0 spiro atoms. The second-order valence-corrected chi connectivity index (χ2v) is 7.28. The van der Waals surface area contributed by atoms with Gasteiger partial charge in [-0.15, -0.1) is 10.2 Å². The Kier molecular flexibility index (Phi) is 4.48. The summed E-state index contributed by atoms with van der Waals surface area (Å²) < 4.78 is 1.83. The van der Waals surface area contributed by atoms with Crippen molar-refractivity contribution < 1.29 is 0 Å². The van der Waals surface area contributed by atoms with Gasteiger partial charge in [-0.25, -0.2) is 0 Å². The van der Waals surface area contributed by atoms with E-state index in [-0.39, 0.29) is 0 Å². The van der Waals surface area contributed by atoms with Crippen molar-refractivity contribution in [3.05, 3.63) is 71.0 Å². The fourth-order valence-corrected chi connectivity index (χ4v) is 3.65.